The van der Waals surface area contributed by atoms with Gasteiger partial charge < -0.3 is 14.6 Å². The molecule has 0 aliphatic rings. The molecule has 2 aromatic rings. The van der Waals surface area contributed by atoms with E-state index in [0.29, 0.717) is 26.2 Å². The lowest BCUT2D eigenvalue weighted by Crippen LogP contribution is -2.27. The Bertz CT molecular complexity index is 532. The predicted molar refractivity (Wildman–Crippen MR) is 87.8 cm³/mol. The topological polar surface area (TPSA) is 56.1 Å². The molecule has 0 spiro atoms. The lowest BCUT2D eigenvalue weighted by molar-refractivity contribution is -0.120. The third kappa shape index (κ3) is 6.78. The van der Waals surface area contributed by atoms with Gasteiger partial charge in [-0.1, -0.05) is 18.2 Å². The summed E-state index contributed by atoms with van der Waals surface area (Å²) in [5, 5.41) is 2.87. The fourth-order valence-electron chi connectivity index (χ4n) is 1.82. The van der Waals surface area contributed by atoms with Gasteiger partial charge >= 0.3 is 0 Å². The molecule has 118 valence electrons. The molecule has 0 bridgehead atoms. The largest absolute Gasteiger partial charge is 0.378 e. The van der Waals surface area contributed by atoms with Crippen molar-refractivity contribution in [3.8, 4) is 0 Å². The van der Waals surface area contributed by atoms with E-state index in [9.17, 15) is 4.79 Å². The number of ether oxygens (including phenoxy) is 1. The highest BCUT2D eigenvalue weighted by molar-refractivity contribution is 7.99. The fraction of sp³-hybridized carbons (Fsp3) is 0.375. The number of carbonyl (C=O) groups excluding carboxylic acids is 1. The Balaban J connectivity index is 1.44. The first-order valence-electron chi connectivity index (χ1n) is 7.32. The van der Waals surface area contributed by atoms with E-state index < -0.39 is 0 Å². The van der Waals surface area contributed by atoms with Crippen LogP contribution in [0.5, 0.6) is 0 Å². The van der Waals surface area contributed by atoms with E-state index in [2.05, 4.69) is 22.4 Å². The van der Waals surface area contributed by atoms with Gasteiger partial charge in [0.25, 0.3) is 0 Å². The highest BCUT2D eigenvalue weighted by Gasteiger charge is 2.01. The summed E-state index contributed by atoms with van der Waals surface area (Å²) in [6.45, 7) is 2.49. The summed E-state index contributed by atoms with van der Waals surface area (Å²) < 4.78 is 7.42. The van der Waals surface area contributed by atoms with Crippen molar-refractivity contribution in [2.45, 2.75) is 17.9 Å². The van der Waals surface area contributed by atoms with Crippen LogP contribution < -0.4 is 5.32 Å². The Morgan fingerprint density at radius 3 is 2.91 bits per heavy atom. The van der Waals surface area contributed by atoms with Gasteiger partial charge in [0.1, 0.15) is 0 Å². The van der Waals surface area contributed by atoms with Crippen LogP contribution in [0.3, 0.4) is 0 Å². The number of imidazole rings is 1. The van der Waals surface area contributed by atoms with Crippen LogP contribution in [0.4, 0.5) is 0 Å². The maximum absolute atomic E-state index is 11.7. The smallest absolute Gasteiger partial charge is 0.220 e. The number of carbonyl (C=O) groups is 1. The maximum Gasteiger partial charge on any atom is 0.220 e. The second-order valence-corrected chi connectivity index (χ2v) is 5.84. The highest BCUT2D eigenvalue weighted by Crippen LogP contribution is 2.17. The van der Waals surface area contributed by atoms with Crippen molar-refractivity contribution >= 4 is 17.7 Å². The second-order valence-electron chi connectivity index (χ2n) is 4.67. The van der Waals surface area contributed by atoms with E-state index in [-0.39, 0.29) is 5.91 Å². The van der Waals surface area contributed by atoms with Crippen LogP contribution in [0.1, 0.15) is 6.42 Å². The molecule has 1 heterocycles. The molecule has 5 nitrogen and oxygen atoms in total. The van der Waals surface area contributed by atoms with Crippen molar-refractivity contribution in [2.24, 2.45) is 0 Å². The van der Waals surface area contributed by atoms with Crippen molar-refractivity contribution in [2.75, 3.05) is 25.5 Å². The molecule has 0 fully saturated rings. The van der Waals surface area contributed by atoms with Gasteiger partial charge in [-0.25, -0.2) is 4.98 Å². The van der Waals surface area contributed by atoms with Gasteiger partial charge in [0, 0.05) is 42.6 Å². The monoisotopic (exact) mass is 319 g/mol. The van der Waals surface area contributed by atoms with Crippen molar-refractivity contribution in [3.63, 3.8) is 0 Å². The second kappa shape index (κ2) is 10.0. The van der Waals surface area contributed by atoms with Crippen LogP contribution in [0, 0.1) is 0 Å². The fourth-order valence-corrected chi connectivity index (χ4v) is 2.69. The molecule has 22 heavy (non-hydrogen) atoms. The number of hydrogen-bond donors (Lipinski definition) is 1. The number of aromatic nitrogens is 2. The number of rotatable bonds is 10. The minimum Gasteiger partial charge on any atom is -0.378 e. The van der Waals surface area contributed by atoms with Gasteiger partial charge in [0.15, 0.2) is 0 Å². The lowest BCUT2D eigenvalue weighted by atomic mass is 10.4. The minimum atomic E-state index is 0.0710. The third-order valence-electron chi connectivity index (χ3n) is 2.96. The molecule has 0 atom stereocenters. The van der Waals surface area contributed by atoms with Crippen molar-refractivity contribution < 1.29 is 9.53 Å². The number of nitrogens with one attached hydrogen (secondary N) is 1. The Labute approximate surface area is 135 Å². The molecule has 2 rings (SSSR count). The first-order valence-corrected chi connectivity index (χ1v) is 8.31. The summed E-state index contributed by atoms with van der Waals surface area (Å²) in [5.74, 6) is 0.860. The van der Waals surface area contributed by atoms with Crippen LogP contribution in [-0.4, -0.2) is 41.0 Å². The molecule has 0 saturated heterocycles. The summed E-state index contributed by atoms with van der Waals surface area (Å²) in [5.41, 5.74) is 0. The third-order valence-corrected chi connectivity index (χ3v) is 3.98. The summed E-state index contributed by atoms with van der Waals surface area (Å²) in [4.78, 5) is 16.8. The molecule has 6 heteroatoms. The van der Waals surface area contributed by atoms with Crippen LogP contribution in [0.15, 0.2) is 53.9 Å². The van der Waals surface area contributed by atoms with Gasteiger partial charge in [-0.3, -0.25) is 4.79 Å². The summed E-state index contributed by atoms with van der Waals surface area (Å²) in [7, 11) is 0. The maximum atomic E-state index is 11.7. The van der Waals surface area contributed by atoms with E-state index in [1.54, 1.807) is 24.3 Å². The average Bonchev–Trinajstić information content (AvgIpc) is 3.05. The quantitative estimate of drug-likeness (QED) is 0.539. The van der Waals surface area contributed by atoms with Gasteiger partial charge in [0.2, 0.25) is 5.91 Å². The van der Waals surface area contributed by atoms with Crippen LogP contribution in [0.25, 0.3) is 0 Å². The number of hydrogen-bond acceptors (Lipinski definition) is 4. The molecule has 0 saturated carbocycles. The SMILES string of the molecule is O=C(CCSc1ccccc1)NCCOCCn1ccnc1. The van der Waals surface area contributed by atoms with Crippen LogP contribution in [0.2, 0.25) is 0 Å². The van der Waals surface area contributed by atoms with Gasteiger partial charge in [-0.05, 0) is 12.1 Å². The van der Waals surface area contributed by atoms with E-state index in [1.165, 1.54) is 4.90 Å². The summed E-state index contributed by atoms with van der Waals surface area (Å²) in [6.07, 6.45) is 5.92. The summed E-state index contributed by atoms with van der Waals surface area (Å²) >= 11 is 1.69. The zero-order valence-electron chi connectivity index (χ0n) is 12.5. The van der Waals surface area contributed by atoms with Gasteiger partial charge in [0.05, 0.1) is 19.5 Å². The first-order chi connectivity index (χ1) is 10.8. The summed E-state index contributed by atoms with van der Waals surface area (Å²) in [6, 6.07) is 10.1. The van der Waals surface area contributed by atoms with Crippen molar-refractivity contribution in [1.29, 1.82) is 0 Å². The van der Waals surface area contributed by atoms with E-state index in [1.807, 2.05) is 29.0 Å². The lowest BCUT2D eigenvalue weighted by Gasteiger charge is -2.07. The molecular weight excluding hydrogens is 298 g/mol. The van der Waals surface area contributed by atoms with Crippen LogP contribution >= 0.6 is 11.8 Å². The standard InChI is InChI=1S/C16H21N3O2S/c20-16(6-13-22-15-4-2-1-3-5-15)18-8-11-21-12-10-19-9-7-17-14-19/h1-5,7,9,14H,6,8,10-13H2,(H,18,20). The Morgan fingerprint density at radius 2 is 2.14 bits per heavy atom. The van der Waals surface area contributed by atoms with Gasteiger partial charge in [-0.2, -0.15) is 0 Å². The molecule has 0 radical (unpaired) electrons. The molecule has 0 unspecified atom stereocenters. The minimum absolute atomic E-state index is 0.0710. The first kappa shape index (κ1) is 16.6. The van der Waals surface area contributed by atoms with E-state index in [0.717, 1.165) is 12.3 Å². The van der Waals surface area contributed by atoms with Crippen molar-refractivity contribution in [3.05, 3.63) is 49.1 Å². The molecule has 1 amide bonds. The molecule has 0 aliphatic carbocycles. The number of nitrogens with zero attached hydrogens (tertiary/aromatic N) is 2. The molecule has 1 aromatic heterocycles. The number of benzene rings is 1. The molecule has 0 aliphatic heterocycles. The Kier molecular flexibility index (Phi) is 7.55. The molecular formula is C16H21N3O2S. The zero-order valence-corrected chi connectivity index (χ0v) is 13.3. The van der Waals surface area contributed by atoms with Crippen molar-refractivity contribution in [1.82, 2.24) is 14.9 Å². The Hall–Kier alpha value is -1.79. The van der Waals surface area contributed by atoms with E-state index >= 15 is 0 Å². The Morgan fingerprint density at radius 1 is 1.27 bits per heavy atom. The normalized spacial score (nSPS) is 10.5. The number of amides is 1. The molecule has 1 aromatic carbocycles. The number of thioether (sulfide) groups is 1. The van der Waals surface area contributed by atoms with Crippen LogP contribution in [-0.2, 0) is 16.1 Å². The van der Waals surface area contributed by atoms with E-state index in [4.69, 9.17) is 4.74 Å². The predicted octanol–water partition coefficient (Wildman–Crippen LogP) is 2.20. The van der Waals surface area contributed by atoms with Gasteiger partial charge in [-0.15, -0.1) is 11.8 Å². The molecule has 1 N–H and O–H groups in total. The zero-order chi connectivity index (χ0) is 15.5. The average molecular weight is 319 g/mol. The highest BCUT2D eigenvalue weighted by atomic mass is 32.2.